The van der Waals surface area contributed by atoms with E-state index in [1.165, 1.54) is 13.3 Å². The summed E-state index contributed by atoms with van der Waals surface area (Å²) in [5, 5.41) is 13.1. The Balaban J connectivity index is 1.39. The van der Waals surface area contributed by atoms with Gasteiger partial charge in [-0.05, 0) is 62.4 Å². The zero-order valence-corrected chi connectivity index (χ0v) is 22.2. The number of carboxylic acid groups (broad SMARTS) is 1. The Morgan fingerprint density at radius 2 is 1.97 bits per heavy atom. The molecular weight excluding hydrogens is 538 g/mol. The first-order chi connectivity index (χ1) is 18.6. The van der Waals surface area contributed by atoms with Crippen molar-refractivity contribution in [2.24, 2.45) is 5.41 Å². The third kappa shape index (κ3) is 6.91. The van der Waals surface area contributed by atoms with E-state index in [0.717, 1.165) is 6.07 Å². The number of piperidine rings is 1. The van der Waals surface area contributed by atoms with Gasteiger partial charge in [-0.3, -0.25) is 9.78 Å². The molecule has 3 aromatic rings. The van der Waals surface area contributed by atoms with Gasteiger partial charge in [-0.15, -0.1) is 0 Å². The van der Waals surface area contributed by atoms with E-state index in [9.17, 15) is 23.1 Å². The zero-order valence-electron chi connectivity index (χ0n) is 21.5. The van der Waals surface area contributed by atoms with Gasteiger partial charge in [0.1, 0.15) is 17.7 Å². The van der Waals surface area contributed by atoms with Gasteiger partial charge in [-0.1, -0.05) is 11.6 Å². The lowest BCUT2D eigenvalue weighted by Crippen LogP contribution is -2.43. The summed E-state index contributed by atoms with van der Waals surface area (Å²) in [4.78, 5) is 18.1. The predicted octanol–water partition coefficient (Wildman–Crippen LogP) is 6.77. The van der Waals surface area contributed by atoms with Crippen molar-refractivity contribution >= 4 is 34.2 Å². The van der Waals surface area contributed by atoms with Gasteiger partial charge in [-0.2, -0.15) is 0 Å². The van der Waals surface area contributed by atoms with Crippen LogP contribution in [0.5, 0.6) is 5.75 Å². The van der Waals surface area contributed by atoms with Gasteiger partial charge in [0.2, 0.25) is 0 Å². The number of aliphatic carboxylic acids is 1. The van der Waals surface area contributed by atoms with E-state index in [4.69, 9.17) is 16.3 Å². The molecule has 1 unspecified atom stereocenters. The zero-order chi connectivity index (χ0) is 28.2. The molecule has 2 heterocycles. The molecule has 0 spiro atoms. The molecule has 2 N–H and O–H groups in total. The lowest BCUT2D eigenvalue weighted by atomic mass is 9.71. The van der Waals surface area contributed by atoms with Crippen molar-refractivity contribution in [1.29, 1.82) is 0 Å². The van der Waals surface area contributed by atoms with Crippen LogP contribution in [0.15, 0.2) is 36.5 Å². The van der Waals surface area contributed by atoms with Crippen molar-refractivity contribution in [3.8, 4) is 5.75 Å². The Morgan fingerprint density at radius 1 is 1.23 bits per heavy atom. The van der Waals surface area contributed by atoms with Crippen molar-refractivity contribution < 1.29 is 32.2 Å². The van der Waals surface area contributed by atoms with E-state index >= 15 is 4.39 Å². The van der Waals surface area contributed by atoms with E-state index in [2.05, 4.69) is 15.2 Å². The number of carbonyl (C=O) groups is 1. The van der Waals surface area contributed by atoms with Crippen LogP contribution in [0.25, 0.3) is 10.9 Å². The number of nitrogens with zero attached hydrogens (tertiary/aromatic N) is 2. The topological polar surface area (TPSA) is 74.7 Å². The number of halogens is 5. The number of aromatic nitrogens is 1. The molecule has 1 saturated heterocycles. The molecule has 0 radical (unpaired) electrons. The van der Waals surface area contributed by atoms with E-state index in [1.54, 1.807) is 18.2 Å². The first-order valence-corrected chi connectivity index (χ1v) is 13.1. The van der Waals surface area contributed by atoms with Crippen LogP contribution in [0.3, 0.4) is 0 Å². The van der Waals surface area contributed by atoms with Crippen LogP contribution >= 0.6 is 11.6 Å². The van der Waals surface area contributed by atoms with Crippen LogP contribution in [0.4, 0.5) is 23.2 Å². The van der Waals surface area contributed by atoms with Crippen LogP contribution in [0.2, 0.25) is 5.02 Å². The molecule has 1 aromatic heterocycles. The Bertz CT molecular complexity index is 1340. The summed E-state index contributed by atoms with van der Waals surface area (Å²) in [6.07, 6.45) is 1.42. The number of rotatable bonds is 11. The molecule has 39 heavy (non-hydrogen) atoms. The van der Waals surface area contributed by atoms with Gasteiger partial charge in [0.15, 0.2) is 11.6 Å². The quantitative estimate of drug-likeness (QED) is 0.197. The highest BCUT2D eigenvalue weighted by atomic mass is 35.5. The number of hydrogen-bond acceptors (Lipinski definition) is 5. The monoisotopic (exact) mass is 567 g/mol. The van der Waals surface area contributed by atoms with Crippen LogP contribution in [0.1, 0.15) is 43.8 Å². The lowest BCUT2D eigenvalue weighted by molar-refractivity contribution is -0.141. The molecule has 6 nitrogen and oxygen atoms in total. The van der Waals surface area contributed by atoms with Gasteiger partial charge in [0.05, 0.1) is 29.8 Å². The fraction of sp³-hybridized carbons (Fsp3) is 0.429. The summed E-state index contributed by atoms with van der Waals surface area (Å²) in [5.74, 6) is -3.67. The molecule has 2 aromatic carbocycles. The molecule has 4 rings (SSSR count). The maximum Gasteiger partial charge on any atom is 0.303 e. The molecular formula is C28H30ClF4N3O3. The number of carboxylic acids is 1. The molecule has 1 aliphatic heterocycles. The van der Waals surface area contributed by atoms with Crippen LogP contribution in [-0.4, -0.2) is 54.2 Å². The average Bonchev–Trinajstić information content (AvgIpc) is 2.90. The number of methoxy groups -OCH3 is 1. The molecule has 0 aliphatic carbocycles. The maximum atomic E-state index is 15.7. The highest BCUT2D eigenvalue weighted by Gasteiger charge is 2.37. The highest BCUT2D eigenvalue weighted by Crippen LogP contribution is 2.44. The molecule has 0 saturated carbocycles. The third-order valence-electron chi connectivity index (χ3n) is 7.49. The summed E-state index contributed by atoms with van der Waals surface area (Å²) in [6.45, 7) is 1.83. The van der Waals surface area contributed by atoms with Crippen LogP contribution in [-0.2, 0) is 4.79 Å². The number of anilines is 1. The number of fused-ring (bicyclic) bond motifs is 1. The normalized spacial score (nSPS) is 16.3. The largest absolute Gasteiger partial charge is 0.497 e. The Hall–Kier alpha value is -3.11. The van der Waals surface area contributed by atoms with E-state index in [-0.39, 0.29) is 30.1 Å². The molecule has 0 bridgehead atoms. The second-order valence-corrected chi connectivity index (χ2v) is 10.4. The van der Waals surface area contributed by atoms with E-state index in [0.29, 0.717) is 67.2 Å². The first-order valence-electron chi connectivity index (χ1n) is 12.7. The van der Waals surface area contributed by atoms with Crippen molar-refractivity contribution in [1.82, 2.24) is 9.88 Å². The fourth-order valence-corrected chi connectivity index (χ4v) is 5.58. The Labute approximate surface area is 228 Å². The first kappa shape index (κ1) is 28.9. The van der Waals surface area contributed by atoms with Crippen LogP contribution < -0.4 is 10.1 Å². The molecule has 0 amide bonds. The number of alkyl halides is 1. The predicted molar refractivity (Wildman–Crippen MR) is 142 cm³/mol. The van der Waals surface area contributed by atoms with Crippen molar-refractivity contribution in [3.05, 3.63) is 64.6 Å². The van der Waals surface area contributed by atoms with Gasteiger partial charge in [0.25, 0.3) is 0 Å². The smallest absolute Gasteiger partial charge is 0.303 e. The minimum Gasteiger partial charge on any atom is -0.497 e. The summed E-state index contributed by atoms with van der Waals surface area (Å²) in [6, 6.07) is 6.54. The highest BCUT2D eigenvalue weighted by molar-refractivity contribution is 6.32. The fourth-order valence-electron chi connectivity index (χ4n) is 5.31. The number of nitrogens with one attached hydrogen (secondary N) is 1. The van der Waals surface area contributed by atoms with Gasteiger partial charge < -0.3 is 20.1 Å². The second-order valence-electron chi connectivity index (χ2n) is 10.00. The molecule has 1 fully saturated rings. The van der Waals surface area contributed by atoms with E-state index in [1.807, 2.05) is 0 Å². The summed E-state index contributed by atoms with van der Waals surface area (Å²) in [5.41, 5.74) is 0.0559. The summed E-state index contributed by atoms with van der Waals surface area (Å²) >= 11 is 6.36. The SMILES string of the molecule is COc1ccc2ncc(Cl)c(C(F)CCC3(CC(=O)O)CCN(CCNc4cc(F)cc(F)c4F)CC3)c2c1. The summed E-state index contributed by atoms with van der Waals surface area (Å²) in [7, 11) is 1.52. The van der Waals surface area contributed by atoms with Crippen molar-refractivity contribution in [2.45, 2.75) is 38.3 Å². The third-order valence-corrected chi connectivity index (χ3v) is 7.79. The molecule has 210 valence electrons. The lowest BCUT2D eigenvalue weighted by Gasteiger charge is -2.41. The Morgan fingerprint density at radius 3 is 2.67 bits per heavy atom. The minimum absolute atomic E-state index is 0.0851. The average molecular weight is 568 g/mol. The Kier molecular flexibility index (Phi) is 9.17. The minimum atomic E-state index is -1.43. The molecule has 11 heteroatoms. The number of hydrogen-bond donors (Lipinski definition) is 2. The van der Waals surface area contributed by atoms with Crippen molar-refractivity contribution in [2.75, 3.05) is 38.6 Å². The standard InChI is InChI=1S/C28H30ClF4N3O3/c1-39-18-2-3-23-19(14-18)26(20(29)16-35-23)21(31)4-5-28(15-25(37)38)6-9-36(10-7-28)11-8-34-24-13-17(30)12-22(32)27(24)33/h2-3,12-14,16,21,34H,4-11,15H2,1H3,(H,37,38). The van der Waals surface area contributed by atoms with Gasteiger partial charge >= 0.3 is 5.97 Å². The number of ether oxygens (including phenoxy) is 1. The number of benzene rings is 2. The second kappa shape index (κ2) is 12.4. The number of pyridine rings is 1. The van der Waals surface area contributed by atoms with Crippen LogP contribution in [0, 0.1) is 22.9 Å². The van der Waals surface area contributed by atoms with Gasteiger partial charge in [0, 0.05) is 42.4 Å². The van der Waals surface area contributed by atoms with Crippen molar-refractivity contribution in [3.63, 3.8) is 0 Å². The van der Waals surface area contributed by atoms with E-state index < -0.39 is 35.0 Å². The molecule has 1 atom stereocenters. The number of likely N-dealkylation sites (tertiary alicyclic amines) is 1. The molecule has 1 aliphatic rings. The summed E-state index contributed by atoms with van der Waals surface area (Å²) < 4.78 is 61.7. The maximum absolute atomic E-state index is 15.7. The van der Waals surface area contributed by atoms with Gasteiger partial charge in [-0.25, -0.2) is 17.6 Å².